The molecule has 1 aromatic heterocycles. The number of aryl methyl sites for hydroxylation is 1. The Kier molecular flexibility index (Phi) is 7.35. The van der Waals surface area contributed by atoms with Gasteiger partial charge in [-0.3, -0.25) is 9.36 Å². The zero-order valence-corrected chi connectivity index (χ0v) is 19.5. The molecule has 0 atom stereocenters. The number of benzene rings is 2. The monoisotopic (exact) mass is 506 g/mol. The average Bonchev–Trinajstić information content (AvgIpc) is 3.65. The number of amides is 1. The third-order valence-corrected chi connectivity index (χ3v) is 5.93. The van der Waals surface area contributed by atoms with Gasteiger partial charge < -0.3 is 14.8 Å². The van der Waals surface area contributed by atoms with Crippen molar-refractivity contribution in [3.63, 3.8) is 0 Å². The van der Waals surface area contributed by atoms with Crippen LogP contribution in [-0.4, -0.2) is 17.3 Å². The summed E-state index contributed by atoms with van der Waals surface area (Å²) >= 11 is 6.19. The number of carbonyl (C=O) groups excluding carboxylic acids is 1. The largest absolute Gasteiger partial charge is 0.487 e. The SMILES string of the molecule is Cc1cc(OCc2ccc(F)cc2CNC(=O)OCC2CC2)c(Cl)c(=O)n1-c1c(F)cccc1F. The van der Waals surface area contributed by atoms with E-state index in [1.165, 1.54) is 37.3 Å². The number of alkyl carbamates (subject to hydrolysis) is 1. The van der Waals surface area contributed by atoms with E-state index >= 15 is 0 Å². The molecule has 6 nitrogen and oxygen atoms in total. The smallest absolute Gasteiger partial charge is 0.407 e. The van der Waals surface area contributed by atoms with Gasteiger partial charge in [-0.2, -0.15) is 0 Å². The Morgan fingerprint density at radius 2 is 1.83 bits per heavy atom. The minimum atomic E-state index is -0.918. The number of aromatic nitrogens is 1. The van der Waals surface area contributed by atoms with E-state index in [0.29, 0.717) is 23.7 Å². The number of nitrogens with one attached hydrogen (secondary N) is 1. The molecule has 4 rings (SSSR count). The van der Waals surface area contributed by atoms with Gasteiger partial charge in [-0.15, -0.1) is 0 Å². The van der Waals surface area contributed by atoms with Gasteiger partial charge in [-0.1, -0.05) is 23.7 Å². The molecule has 0 unspecified atom stereocenters. The number of nitrogens with zero attached hydrogens (tertiary/aromatic N) is 1. The summed E-state index contributed by atoms with van der Waals surface area (Å²) < 4.78 is 54.0. The lowest BCUT2D eigenvalue weighted by Crippen LogP contribution is -2.25. The third-order valence-electron chi connectivity index (χ3n) is 5.58. The van der Waals surface area contributed by atoms with Crippen molar-refractivity contribution in [1.82, 2.24) is 9.88 Å². The van der Waals surface area contributed by atoms with Crippen LogP contribution in [0.3, 0.4) is 0 Å². The first kappa shape index (κ1) is 24.7. The van der Waals surface area contributed by atoms with Crippen LogP contribution >= 0.6 is 11.6 Å². The number of hydrogen-bond acceptors (Lipinski definition) is 4. The zero-order chi connectivity index (χ0) is 25.1. The highest BCUT2D eigenvalue weighted by molar-refractivity contribution is 6.31. The molecule has 184 valence electrons. The predicted octanol–water partition coefficient (Wildman–Crippen LogP) is 5.43. The van der Waals surface area contributed by atoms with Crippen LogP contribution in [0.4, 0.5) is 18.0 Å². The summed E-state index contributed by atoms with van der Waals surface area (Å²) in [7, 11) is 0. The van der Waals surface area contributed by atoms with Crippen molar-refractivity contribution < 1.29 is 27.4 Å². The van der Waals surface area contributed by atoms with E-state index in [1.54, 1.807) is 0 Å². The molecule has 1 N–H and O–H groups in total. The Morgan fingerprint density at radius 3 is 2.51 bits per heavy atom. The molecule has 1 heterocycles. The van der Waals surface area contributed by atoms with Gasteiger partial charge in [0.1, 0.15) is 40.5 Å². The van der Waals surface area contributed by atoms with Gasteiger partial charge in [0.15, 0.2) is 0 Å². The molecule has 35 heavy (non-hydrogen) atoms. The topological polar surface area (TPSA) is 69.6 Å². The van der Waals surface area contributed by atoms with Crippen LogP contribution in [0.25, 0.3) is 5.69 Å². The molecule has 0 aliphatic heterocycles. The second-order valence-corrected chi connectivity index (χ2v) is 8.65. The quantitative estimate of drug-likeness (QED) is 0.442. The standard InChI is InChI=1S/C25H22ClF3N2O4/c1-14-9-21(22(26)24(32)31(14)23-19(28)3-2-4-20(23)29)34-13-16-7-8-18(27)10-17(16)11-30-25(33)35-12-15-5-6-15/h2-4,7-10,15H,5-6,11-13H2,1H3,(H,30,33). The summed E-state index contributed by atoms with van der Waals surface area (Å²) in [6.07, 6.45) is 1.48. The van der Waals surface area contributed by atoms with Gasteiger partial charge in [-0.05, 0) is 61.1 Å². The summed E-state index contributed by atoms with van der Waals surface area (Å²) in [4.78, 5) is 24.7. The fourth-order valence-corrected chi connectivity index (χ4v) is 3.71. The van der Waals surface area contributed by atoms with Gasteiger partial charge in [0.05, 0.1) is 6.61 Å². The number of hydrogen-bond donors (Lipinski definition) is 1. The molecule has 1 saturated carbocycles. The van der Waals surface area contributed by atoms with Gasteiger partial charge >= 0.3 is 6.09 Å². The first-order valence-electron chi connectivity index (χ1n) is 10.9. The van der Waals surface area contributed by atoms with Gasteiger partial charge in [0, 0.05) is 18.3 Å². The van der Waals surface area contributed by atoms with E-state index < -0.39 is 34.8 Å². The molecule has 1 fully saturated rings. The Labute approximate surface area is 204 Å². The maximum absolute atomic E-state index is 14.3. The second-order valence-electron chi connectivity index (χ2n) is 8.27. The van der Waals surface area contributed by atoms with Crippen molar-refractivity contribution in [2.45, 2.75) is 32.9 Å². The number of pyridine rings is 1. The van der Waals surface area contributed by atoms with Crippen LogP contribution in [0.15, 0.2) is 47.3 Å². The fraction of sp³-hybridized carbons (Fsp3) is 0.280. The first-order chi connectivity index (χ1) is 16.7. The maximum Gasteiger partial charge on any atom is 0.407 e. The predicted molar refractivity (Wildman–Crippen MR) is 123 cm³/mol. The lowest BCUT2D eigenvalue weighted by molar-refractivity contribution is 0.140. The van der Waals surface area contributed by atoms with E-state index in [0.717, 1.165) is 29.5 Å². The number of ether oxygens (including phenoxy) is 2. The summed E-state index contributed by atoms with van der Waals surface area (Å²) in [6, 6.07) is 8.62. The molecular formula is C25H22ClF3N2O4. The Bertz CT molecular complexity index is 1300. The van der Waals surface area contributed by atoms with Crippen molar-refractivity contribution in [1.29, 1.82) is 0 Å². The minimum Gasteiger partial charge on any atom is -0.487 e. The summed E-state index contributed by atoms with van der Waals surface area (Å²) in [6.45, 7) is 1.73. The molecule has 0 bridgehead atoms. The van der Waals surface area contributed by atoms with Crippen LogP contribution in [0.1, 0.15) is 29.7 Å². The molecule has 0 saturated heterocycles. The Hall–Kier alpha value is -3.46. The van der Waals surface area contributed by atoms with Crippen molar-refractivity contribution in [2.75, 3.05) is 6.61 Å². The first-order valence-corrected chi connectivity index (χ1v) is 11.3. The van der Waals surface area contributed by atoms with Crippen LogP contribution in [-0.2, 0) is 17.9 Å². The Morgan fingerprint density at radius 1 is 1.11 bits per heavy atom. The van der Waals surface area contributed by atoms with Crippen molar-refractivity contribution in [2.24, 2.45) is 5.92 Å². The van der Waals surface area contributed by atoms with Gasteiger partial charge in [0.25, 0.3) is 5.56 Å². The minimum absolute atomic E-state index is 0.000862. The maximum atomic E-state index is 14.3. The van der Waals surface area contributed by atoms with E-state index in [4.69, 9.17) is 21.1 Å². The lowest BCUT2D eigenvalue weighted by atomic mass is 10.1. The van der Waals surface area contributed by atoms with Crippen LogP contribution < -0.4 is 15.6 Å². The Balaban J connectivity index is 1.51. The van der Waals surface area contributed by atoms with Gasteiger partial charge in [-0.25, -0.2) is 18.0 Å². The van der Waals surface area contributed by atoms with Crippen LogP contribution in [0.5, 0.6) is 5.75 Å². The summed E-state index contributed by atoms with van der Waals surface area (Å²) in [5, 5.41) is 2.21. The molecule has 1 amide bonds. The fourth-order valence-electron chi connectivity index (χ4n) is 3.52. The molecule has 3 aromatic rings. The number of halogens is 4. The molecule has 0 radical (unpaired) electrons. The van der Waals surface area contributed by atoms with E-state index in [2.05, 4.69) is 5.32 Å². The number of para-hydroxylation sites is 1. The molecule has 2 aromatic carbocycles. The molecule has 1 aliphatic rings. The van der Waals surface area contributed by atoms with Gasteiger partial charge in [0.2, 0.25) is 0 Å². The van der Waals surface area contributed by atoms with Crippen LogP contribution in [0, 0.1) is 30.3 Å². The number of rotatable bonds is 8. The van der Waals surface area contributed by atoms with E-state index in [-0.39, 0.29) is 29.6 Å². The molecule has 10 heteroatoms. The van der Waals surface area contributed by atoms with Crippen LogP contribution in [0.2, 0.25) is 5.02 Å². The van der Waals surface area contributed by atoms with Crippen molar-refractivity contribution in [3.8, 4) is 11.4 Å². The normalized spacial score (nSPS) is 12.9. The van der Waals surface area contributed by atoms with Crippen molar-refractivity contribution >= 4 is 17.7 Å². The lowest BCUT2D eigenvalue weighted by Gasteiger charge is -2.16. The highest BCUT2D eigenvalue weighted by Crippen LogP contribution is 2.29. The zero-order valence-electron chi connectivity index (χ0n) is 18.7. The highest BCUT2D eigenvalue weighted by Gasteiger charge is 2.23. The molecule has 0 spiro atoms. The summed E-state index contributed by atoms with van der Waals surface area (Å²) in [5.74, 6) is -1.93. The van der Waals surface area contributed by atoms with E-state index in [9.17, 15) is 22.8 Å². The highest BCUT2D eigenvalue weighted by atomic mass is 35.5. The van der Waals surface area contributed by atoms with Crippen molar-refractivity contribution in [3.05, 3.63) is 92.1 Å². The average molecular weight is 507 g/mol. The summed E-state index contributed by atoms with van der Waals surface area (Å²) in [5.41, 5.74) is -0.221. The van der Waals surface area contributed by atoms with E-state index in [1.807, 2.05) is 0 Å². The molecule has 1 aliphatic carbocycles. The second kappa shape index (κ2) is 10.4. The third kappa shape index (κ3) is 5.79. The molecular weight excluding hydrogens is 485 g/mol. The number of carbonyl (C=O) groups is 1.